The molecule has 0 bridgehead atoms. The standard InChI is InChI=1S/C14H19NO3/c1-4-10-18-14(17)15(3)11(2)13(16)12-8-6-5-7-9-12/h4-9,11,13,16H,1,10H2,2-3H3/t11-,13-/m0/s1. The van der Waals surface area contributed by atoms with Gasteiger partial charge in [-0.15, -0.1) is 0 Å². The summed E-state index contributed by atoms with van der Waals surface area (Å²) in [6.45, 7) is 5.41. The zero-order chi connectivity index (χ0) is 13.5. The predicted octanol–water partition coefficient (Wildman–Crippen LogP) is 2.36. The number of carbonyl (C=O) groups is 1. The van der Waals surface area contributed by atoms with Crippen LogP contribution < -0.4 is 0 Å². The summed E-state index contributed by atoms with van der Waals surface area (Å²) < 4.78 is 4.92. The van der Waals surface area contributed by atoms with Crippen LogP contribution in [-0.4, -0.2) is 35.8 Å². The molecular formula is C14H19NO3. The van der Waals surface area contributed by atoms with E-state index < -0.39 is 12.2 Å². The third-order valence-corrected chi connectivity index (χ3v) is 2.82. The average molecular weight is 249 g/mol. The van der Waals surface area contributed by atoms with E-state index in [1.54, 1.807) is 14.0 Å². The van der Waals surface area contributed by atoms with Crippen molar-refractivity contribution in [3.63, 3.8) is 0 Å². The first-order valence-electron chi connectivity index (χ1n) is 5.81. The molecule has 0 saturated heterocycles. The van der Waals surface area contributed by atoms with Gasteiger partial charge in [0.1, 0.15) is 6.61 Å². The number of hydrogen-bond donors (Lipinski definition) is 1. The van der Waals surface area contributed by atoms with E-state index in [0.29, 0.717) is 0 Å². The summed E-state index contributed by atoms with van der Waals surface area (Å²) in [5.41, 5.74) is 0.772. The van der Waals surface area contributed by atoms with Gasteiger partial charge in [0.05, 0.1) is 12.1 Å². The smallest absolute Gasteiger partial charge is 0.410 e. The summed E-state index contributed by atoms with van der Waals surface area (Å²) in [5, 5.41) is 10.2. The molecule has 1 N–H and O–H groups in total. The normalized spacial score (nSPS) is 13.5. The minimum absolute atomic E-state index is 0.164. The molecule has 0 spiro atoms. The van der Waals surface area contributed by atoms with Crippen molar-refractivity contribution < 1.29 is 14.6 Å². The first kappa shape index (κ1) is 14.3. The molecule has 98 valence electrons. The van der Waals surface area contributed by atoms with Crippen molar-refractivity contribution in [2.24, 2.45) is 0 Å². The zero-order valence-corrected chi connectivity index (χ0v) is 10.7. The van der Waals surface area contributed by atoms with Gasteiger partial charge in [-0.2, -0.15) is 0 Å². The molecule has 1 aromatic carbocycles. The van der Waals surface area contributed by atoms with E-state index in [1.807, 2.05) is 30.3 Å². The molecule has 0 unspecified atom stereocenters. The van der Waals surface area contributed by atoms with E-state index in [1.165, 1.54) is 11.0 Å². The van der Waals surface area contributed by atoms with E-state index in [2.05, 4.69) is 6.58 Å². The lowest BCUT2D eigenvalue weighted by molar-refractivity contribution is 0.0551. The number of amides is 1. The van der Waals surface area contributed by atoms with Gasteiger partial charge in [0.2, 0.25) is 0 Å². The highest BCUT2D eigenvalue weighted by molar-refractivity contribution is 5.67. The number of hydrogen-bond acceptors (Lipinski definition) is 3. The molecular weight excluding hydrogens is 230 g/mol. The van der Waals surface area contributed by atoms with Crippen molar-refractivity contribution in [1.29, 1.82) is 0 Å². The Kier molecular flexibility index (Phi) is 5.39. The Bertz CT molecular complexity index is 391. The van der Waals surface area contributed by atoms with Crippen LogP contribution in [0.4, 0.5) is 4.79 Å². The van der Waals surface area contributed by atoms with Crippen LogP contribution in [0.5, 0.6) is 0 Å². The molecule has 18 heavy (non-hydrogen) atoms. The molecule has 0 aliphatic rings. The second-order valence-corrected chi connectivity index (χ2v) is 4.07. The lowest BCUT2D eigenvalue weighted by Crippen LogP contribution is -2.39. The first-order chi connectivity index (χ1) is 8.57. The summed E-state index contributed by atoms with van der Waals surface area (Å²) in [7, 11) is 1.60. The van der Waals surface area contributed by atoms with E-state index in [4.69, 9.17) is 4.74 Å². The Morgan fingerprint density at radius 2 is 2.11 bits per heavy atom. The second kappa shape index (κ2) is 6.81. The molecule has 4 heteroatoms. The number of benzene rings is 1. The van der Waals surface area contributed by atoms with Gasteiger partial charge in [-0.1, -0.05) is 43.0 Å². The number of likely N-dealkylation sites (N-methyl/N-ethyl adjacent to an activating group) is 1. The maximum atomic E-state index is 11.6. The van der Waals surface area contributed by atoms with Crippen molar-refractivity contribution in [1.82, 2.24) is 4.90 Å². The number of carbonyl (C=O) groups excluding carboxylic acids is 1. The summed E-state index contributed by atoms with van der Waals surface area (Å²) in [4.78, 5) is 13.0. The van der Waals surface area contributed by atoms with Gasteiger partial charge in [0, 0.05) is 7.05 Å². The van der Waals surface area contributed by atoms with Gasteiger partial charge >= 0.3 is 6.09 Å². The topological polar surface area (TPSA) is 49.8 Å². The van der Waals surface area contributed by atoms with Crippen molar-refractivity contribution in [2.75, 3.05) is 13.7 Å². The van der Waals surface area contributed by atoms with Crippen LogP contribution in [0, 0.1) is 0 Å². The zero-order valence-electron chi connectivity index (χ0n) is 10.7. The fourth-order valence-electron chi connectivity index (χ4n) is 1.54. The Labute approximate surface area is 107 Å². The van der Waals surface area contributed by atoms with Gasteiger partial charge in [-0.05, 0) is 12.5 Å². The van der Waals surface area contributed by atoms with Gasteiger partial charge in [-0.3, -0.25) is 0 Å². The summed E-state index contributed by atoms with van der Waals surface area (Å²) in [6, 6.07) is 8.85. The third-order valence-electron chi connectivity index (χ3n) is 2.82. The maximum absolute atomic E-state index is 11.6. The van der Waals surface area contributed by atoms with Crippen LogP contribution in [0.1, 0.15) is 18.6 Å². The second-order valence-electron chi connectivity index (χ2n) is 4.07. The van der Waals surface area contributed by atoms with Crippen LogP contribution >= 0.6 is 0 Å². The number of rotatable bonds is 5. The highest BCUT2D eigenvalue weighted by atomic mass is 16.6. The van der Waals surface area contributed by atoms with E-state index in [0.717, 1.165) is 5.56 Å². The van der Waals surface area contributed by atoms with Gasteiger partial charge < -0.3 is 14.7 Å². The molecule has 0 aromatic heterocycles. The molecule has 4 nitrogen and oxygen atoms in total. The van der Waals surface area contributed by atoms with Gasteiger partial charge in [0.25, 0.3) is 0 Å². The molecule has 1 rings (SSSR count). The Hall–Kier alpha value is -1.81. The van der Waals surface area contributed by atoms with E-state index in [-0.39, 0.29) is 12.6 Å². The van der Waals surface area contributed by atoms with Crippen LogP contribution in [0.3, 0.4) is 0 Å². The Balaban J connectivity index is 2.65. The molecule has 0 saturated carbocycles. The quantitative estimate of drug-likeness (QED) is 0.815. The lowest BCUT2D eigenvalue weighted by Gasteiger charge is -2.28. The van der Waals surface area contributed by atoms with Crippen molar-refractivity contribution in [3.05, 3.63) is 48.6 Å². The van der Waals surface area contributed by atoms with Crippen molar-refractivity contribution in [3.8, 4) is 0 Å². The SMILES string of the molecule is C=CCOC(=O)N(C)[C@@H](C)[C@H](O)c1ccccc1. The van der Waals surface area contributed by atoms with Crippen molar-refractivity contribution in [2.45, 2.75) is 19.1 Å². The van der Waals surface area contributed by atoms with Crippen LogP contribution in [0.2, 0.25) is 0 Å². The largest absolute Gasteiger partial charge is 0.445 e. The molecule has 0 radical (unpaired) electrons. The molecule has 0 heterocycles. The molecule has 0 aliphatic heterocycles. The van der Waals surface area contributed by atoms with Crippen LogP contribution in [-0.2, 0) is 4.74 Å². The van der Waals surface area contributed by atoms with Gasteiger partial charge in [0.15, 0.2) is 0 Å². The fraction of sp³-hybridized carbons (Fsp3) is 0.357. The third kappa shape index (κ3) is 3.60. The fourth-order valence-corrected chi connectivity index (χ4v) is 1.54. The Morgan fingerprint density at radius 1 is 1.50 bits per heavy atom. The number of nitrogens with zero attached hydrogens (tertiary/aromatic N) is 1. The van der Waals surface area contributed by atoms with Crippen LogP contribution in [0.15, 0.2) is 43.0 Å². The minimum atomic E-state index is -0.743. The predicted molar refractivity (Wildman–Crippen MR) is 70.2 cm³/mol. The number of aliphatic hydroxyl groups is 1. The first-order valence-corrected chi connectivity index (χ1v) is 5.81. The maximum Gasteiger partial charge on any atom is 0.410 e. The van der Waals surface area contributed by atoms with E-state index in [9.17, 15) is 9.90 Å². The molecule has 2 atom stereocenters. The summed E-state index contributed by atoms with van der Waals surface area (Å²) >= 11 is 0. The Morgan fingerprint density at radius 3 is 2.67 bits per heavy atom. The summed E-state index contributed by atoms with van der Waals surface area (Å²) in [5.74, 6) is 0. The molecule has 1 aromatic rings. The highest BCUT2D eigenvalue weighted by Gasteiger charge is 2.24. The molecule has 1 amide bonds. The number of ether oxygens (including phenoxy) is 1. The molecule has 0 fully saturated rings. The minimum Gasteiger partial charge on any atom is -0.445 e. The van der Waals surface area contributed by atoms with Crippen molar-refractivity contribution >= 4 is 6.09 Å². The van der Waals surface area contributed by atoms with Gasteiger partial charge in [-0.25, -0.2) is 4.79 Å². The highest BCUT2D eigenvalue weighted by Crippen LogP contribution is 2.20. The summed E-state index contributed by atoms with van der Waals surface area (Å²) in [6.07, 6.45) is 0.286. The number of aliphatic hydroxyl groups excluding tert-OH is 1. The molecule has 0 aliphatic carbocycles. The van der Waals surface area contributed by atoms with Crippen LogP contribution in [0.25, 0.3) is 0 Å². The monoisotopic (exact) mass is 249 g/mol. The average Bonchev–Trinajstić information content (AvgIpc) is 2.43. The lowest BCUT2D eigenvalue weighted by atomic mass is 10.0. The van der Waals surface area contributed by atoms with E-state index >= 15 is 0 Å².